The maximum absolute atomic E-state index is 10.9. The molecule has 0 fully saturated rings. The van der Waals surface area contributed by atoms with Gasteiger partial charge in [-0.2, -0.15) is 0 Å². The van der Waals surface area contributed by atoms with E-state index < -0.39 is 6.09 Å². The number of ether oxygens (including phenoxy) is 2. The fraction of sp³-hybridized carbons (Fsp3) is 0.667. The number of alkyl carbamates (subject to hydrolysis) is 1. The van der Waals surface area contributed by atoms with E-state index in [0.29, 0.717) is 6.61 Å². The molecule has 1 aliphatic rings. The van der Waals surface area contributed by atoms with Crippen LogP contribution in [0.25, 0.3) is 0 Å². The van der Waals surface area contributed by atoms with Gasteiger partial charge in [0.25, 0.3) is 0 Å². The number of amides is 1. The van der Waals surface area contributed by atoms with Gasteiger partial charge in [-0.15, -0.1) is 0 Å². The second-order valence-corrected chi connectivity index (χ2v) is 2.81. The Kier molecular flexibility index (Phi) is 4.32. The largest absolute Gasteiger partial charge is 0.442 e. The lowest BCUT2D eigenvalue weighted by Gasteiger charge is -2.15. The van der Waals surface area contributed by atoms with Crippen molar-refractivity contribution in [1.29, 1.82) is 0 Å². The molecule has 0 aromatic carbocycles. The first-order valence-electron chi connectivity index (χ1n) is 4.45. The van der Waals surface area contributed by atoms with E-state index in [-0.39, 0.29) is 6.10 Å². The molecule has 0 saturated carbocycles. The van der Waals surface area contributed by atoms with Crippen LogP contribution in [0.2, 0.25) is 0 Å². The lowest BCUT2D eigenvalue weighted by atomic mass is 10.2. The molecule has 0 spiro atoms. The molecule has 4 heteroatoms. The Hall–Kier alpha value is -1.03. The molecule has 0 aromatic heterocycles. The number of rotatable bonds is 1. The van der Waals surface area contributed by atoms with Crippen molar-refractivity contribution in [2.45, 2.75) is 18.9 Å². The summed E-state index contributed by atoms with van der Waals surface area (Å²) < 4.78 is 10.3. The van der Waals surface area contributed by atoms with Crippen LogP contribution in [0.5, 0.6) is 0 Å². The Morgan fingerprint density at radius 3 is 3.23 bits per heavy atom. The second-order valence-electron chi connectivity index (χ2n) is 2.81. The maximum Gasteiger partial charge on any atom is 0.407 e. The lowest BCUT2D eigenvalue weighted by Crippen LogP contribution is -2.26. The highest BCUT2D eigenvalue weighted by Gasteiger charge is 2.10. The van der Waals surface area contributed by atoms with Crippen LogP contribution in [0.3, 0.4) is 0 Å². The van der Waals surface area contributed by atoms with E-state index in [1.807, 2.05) is 12.2 Å². The van der Waals surface area contributed by atoms with Crippen molar-refractivity contribution in [3.8, 4) is 0 Å². The van der Waals surface area contributed by atoms with Crippen LogP contribution in [-0.4, -0.2) is 32.5 Å². The number of nitrogens with one attached hydrogen (secondary N) is 1. The molecular weight excluding hydrogens is 170 g/mol. The SMILES string of the molecule is CNC(=O)OC1/C=C/CCOCC1. The first-order valence-corrected chi connectivity index (χ1v) is 4.45. The number of hydrogen-bond acceptors (Lipinski definition) is 3. The molecule has 1 N–H and O–H groups in total. The fourth-order valence-electron chi connectivity index (χ4n) is 1.09. The van der Waals surface area contributed by atoms with E-state index in [4.69, 9.17) is 9.47 Å². The van der Waals surface area contributed by atoms with E-state index in [1.54, 1.807) is 7.05 Å². The smallest absolute Gasteiger partial charge is 0.407 e. The summed E-state index contributed by atoms with van der Waals surface area (Å²) in [6, 6.07) is 0. The summed E-state index contributed by atoms with van der Waals surface area (Å²) in [7, 11) is 1.55. The zero-order valence-corrected chi connectivity index (χ0v) is 7.79. The normalized spacial score (nSPS) is 25.5. The quantitative estimate of drug-likeness (QED) is 0.622. The Balaban J connectivity index is 2.37. The predicted molar refractivity (Wildman–Crippen MR) is 48.5 cm³/mol. The van der Waals surface area contributed by atoms with Crippen LogP contribution in [0.1, 0.15) is 12.8 Å². The van der Waals surface area contributed by atoms with Gasteiger partial charge in [0.2, 0.25) is 0 Å². The Bertz CT molecular complexity index is 191. The van der Waals surface area contributed by atoms with Crippen LogP contribution >= 0.6 is 0 Å². The van der Waals surface area contributed by atoms with Gasteiger partial charge < -0.3 is 14.8 Å². The van der Waals surface area contributed by atoms with Crippen molar-refractivity contribution in [3.05, 3.63) is 12.2 Å². The minimum atomic E-state index is -0.393. The molecule has 1 rings (SSSR count). The molecule has 1 unspecified atom stereocenters. The van der Waals surface area contributed by atoms with Gasteiger partial charge in [-0.05, 0) is 12.5 Å². The molecule has 0 radical (unpaired) electrons. The van der Waals surface area contributed by atoms with Gasteiger partial charge in [-0.25, -0.2) is 4.79 Å². The van der Waals surface area contributed by atoms with Crippen molar-refractivity contribution in [1.82, 2.24) is 5.32 Å². The molecule has 0 aromatic rings. The van der Waals surface area contributed by atoms with Crippen molar-refractivity contribution in [2.75, 3.05) is 20.3 Å². The first kappa shape index (κ1) is 10.1. The molecule has 0 bridgehead atoms. The zero-order valence-electron chi connectivity index (χ0n) is 7.79. The highest BCUT2D eigenvalue weighted by atomic mass is 16.6. The van der Waals surface area contributed by atoms with E-state index in [2.05, 4.69) is 5.32 Å². The van der Waals surface area contributed by atoms with Gasteiger partial charge >= 0.3 is 6.09 Å². The highest BCUT2D eigenvalue weighted by Crippen LogP contribution is 2.05. The van der Waals surface area contributed by atoms with Gasteiger partial charge in [0.15, 0.2) is 0 Å². The van der Waals surface area contributed by atoms with Gasteiger partial charge in [-0.3, -0.25) is 0 Å². The lowest BCUT2D eigenvalue weighted by molar-refractivity contribution is 0.0754. The average molecular weight is 185 g/mol. The molecule has 0 saturated heterocycles. The summed E-state index contributed by atoms with van der Waals surface area (Å²) in [5.41, 5.74) is 0. The number of carbonyl (C=O) groups excluding carboxylic acids is 1. The maximum atomic E-state index is 10.9. The highest BCUT2D eigenvalue weighted by molar-refractivity contribution is 5.67. The summed E-state index contributed by atoms with van der Waals surface area (Å²) in [6.45, 7) is 1.40. The van der Waals surface area contributed by atoms with E-state index in [1.165, 1.54) is 0 Å². The standard InChI is InChI=1S/C9H15NO3/c1-10-9(11)13-8-4-2-3-6-12-7-5-8/h2,4,8H,3,5-7H2,1H3,(H,10,11)/b4-2+. The fourth-order valence-corrected chi connectivity index (χ4v) is 1.09. The molecular formula is C9H15NO3. The molecule has 4 nitrogen and oxygen atoms in total. The van der Waals surface area contributed by atoms with Crippen molar-refractivity contribution in [3.63, 3.8) is 0 Å². The Labute approximate surface area is 77.9 Å². The summed E-state index contributed by atoms with van der Waals surface area (Å²) in [5.74, 6) is 0. The molecule has 1 heterocycles. The first-order chi connectivity index (χ1) is 6.33. The van der Waals surface area contributed by atoms with Crippen LogP contribution < -0.4 is 5.32 Å². The third kappa shape index (κ3) is 3.94. The van der Waals surface area contributed by atoms with Gasteiger partial charge in [0.05, 0.1) is 13.2 Å². The minimum absolute atomic E-state index is 0.153. The Morgan fingerprint density at radius 2 is 2.46 bits per heavy atom. The van der Waals surface area contributed by atoms with Crippen LogP contribution in [0.15, 0.2) is 12.2 Å². The van der Waals surface area contributed by atoms with Gasteiger partial charge in [0.1, 0.15) is 6.10 Å². The summed E-state index contributed by atoms with van der Waals surface area (Å²) in [5, 5.41) is 2.41. The molecule has 0 aliphatic carbocycles. The third-order valence-corrected chi connectivity index (χ3v) is 1.79. The number of hydrogen-bond donors (Lipinski definition) is 1. The van der Waals surface area contributed by atoms with Crippen molar-refractivity contribution < 1.29 is 14.3 Å². The molecule has 13 heavy (non-hydrogen) atoms. The summed E-state index contributed by atoms with van der Waals surface area (Å²) in [6.07, 6.45) is 4.96. The van der Waals surface area contributed by atoms with Crippen LogP contribution in [0, 0.1) is 0 Å². The van der Waals surface area contributed by atoms with E-state index in [0.717, 1.165) is 19.4 Å². The average Bonchev–Trinajstić information content (AvgIpc) is 2.09. The van der Waals surface area contributed by atoms with Gasteiger partial charge in [-0.1, -0.05) is 6.08 Å². The monoisotopic (exact) mass is 185 g/mol. The van der Waals surface area contributed by atoms with E-state index in [9.17, 15) is 4.79 Å². The third-order valence-electron chi connectivity index (χ3n) is 1.79. The van der Waals surface area contributed by atoms with Crippen molar-refractivity contribution >= 4 is 6.09 Å². The van der Waals surface area contributed by atoms with Crippen molar-refractivity contribution in [2.24, 2.45) is 0 Å². The summed E-state index contributed by atoms with van der Waals surface area (Å²) in [4.78, 5) is 10.9. The minimum Gasteiger partial charge on any atom is -0.442 e. The number of carbonyl (C=O) groups is 1. The molecule has 1 aliphatic heterocycles. The van der Waals surface area contributed by atoms with Gasteiger partial charge in [0, 0.05) is 13.5 Å². The van der Waals surface area contributed by atoms with Crippen LogP contribution in [-0.2, 0) is 9.47 Å². The second kappa shape index (κ2) is 5.59. The predicted octanol–water partition coefficient (Wildman–Crippen LogP) is 1.08. The molecule has 1 atom stereocenters. The zero-order chi connectivity index (χ0) is 9.52. The molecule has 74 valence electrons. The molecule has 1 amide bonds. The summed E-state index contributed by atoms with van der Waals surface area (Å²) >= 11 is 0. The Morgan fingerprint density at radius 1 is 1.62 bits per heavy atom. The van der Waals surface area contributed by atoms with Crippen LogP contribution in [0.4, 0.5) is 4.79 Å². The topological polar surface area (TPSA) is 47.6 Å². The van der Waals surface area contributed by atoms with E-state index >= 15 is 0 Å².